The van der Waals surface area contributed by atoms with E-state index >= 15 is 0 Å². The Morgan fingerprint density at radius 2 is 1.97 bits per heavy atom. The van der Waals surface area contributed by atoms with Gasteiger partial charge in [0.1, 0.15) is 18.2 Å². The minimum absolute atomic E-state index is 0.158. The Morgan fingerprint density at radius 3 is 2.74 bits per heavy atom. The van der Waals surface area contributed by atoms with Crippen molar-refractivity contribution in [2.75, 3.05) is 13.2 Å². The number of fused-ring (bicyclic) bond motifs is 1. The van der Waals surface area contributed by atoms with Crippen molar-refractivity contribution in [3.8, 4) is 5.75 Å². The molecule has 1 saturated heterocycles. The van der Waals surface area contributed by atoms with Crippen LogP contribution in [0.3, 0.4) is 0 Å². The van der Waals surface area contributed by atoms with E-state index in [4.69, 9.17) is 9.72 Å². The molecule has 2 fully saturated rings. The molecule has 1 aliphatic carbocycles. The van der Waals surface area contributed by atoms with Crippen molar-refractivity contribution in [3.63, 3.8) is 0 Å². The number of hydrogen-bond donors (Lipinski definition) is 0. The molecule has 1 aromatic heterocycles. The van der Waals surface area contributed by atoms with E-state index in [2.05, 4.69) is 66.6 Å². The lowest BCUT2D eigenvalue weighted by Gasteiger charge is -2.18. The highest BCUT2D eigenvalue weighted by Crippen LogP contribution is 2.37. The zero-order valence-corrected chi connectivity index (χ0v) is 18.7. The van der Waals surface area contributed by atoms with Gasteiger partial charge >= 0.3 is 0 Å². The summed E-state index contributed by atoms with van der Waals surface area (Å²) in [5.74, 6) is 2.85. The Labute approximate surface area is 184 Å². The van der Waals surface area contributed by atoms with Crippen molar-refractivity contribution < 1.29 is 9.53 Å². The maximum absolute atomic E-state index is 12.6. The molecule has 3 aromatic rings. The van der Waals surface area contributed by atoms with E-state index in [-0.39, 0.29) is 11.8 Å². The maximum atomic E-state index is 12.6. The predicted molar refractivity (Wildman–Crippen MR) is 123 cm³/mol. The molecule has 162 valence electrons. The molecule has 2 aromatic carbocycles. The van der Waals surface area contributed by atoms with Gasteiger partial charge in [-0.1, -0.05) is 38.1 Å². The zero-order valence-electron chi connectivity index (χ0n) is 18.7. The maximum Gasteiger partial charge on any atom is 0.223 e. The van der Waals surface area contributed by atoms with Gasteiger partial charge in [-0.05, 0) is 55.0 Å². The third kappa shape index (κ3) is 3.93. The Morgan fingerprint density at radius 1 is 1.16 bits per heavy atom. The van der Waals surface area contributed by atoms with Gasteiger partial charge in [-0.25, -0.2) is 4.98 Å². The summed E-state index contributed by atoms with van der Waals surface area (Å²) in [6.07, 6.45) is 2.87. The van der Waals surface area contributed by atoms with Crippen molar-refractivity contribution in [1.29, 1.82) is 0 Å². The van der Waals surface area contributed by atoms with E-state index in [0.29, 0.717) is 25.0 Å². The number of aromatic nitrogens is 2. The number of imidazole rings is 1. The van der Waals surface area contributed by atoms with Crippen LogP contribution in [-0.2, 0) is 11.3 Å². The summed E-state index contributed by atoms with van der Waals surface area (Å²) in [5, 5.41) is 0. The summed E-state index contributed by atoms with van der Waals surface area (Å²) in [4.78, 5) is 19.6. The number of nitrogens with zero attached hydrogens (tertiary/aromatic N) is 3. The number of carbonyl (C=O) groups is 1. The molecule has 1 aliphatic heterocycles. The van der Waals surface area contributed by atoms with Crippen LogP contribution in [-0.4, -0.2) is 39.6 Å². The Kier molecular flexibility index (Phi) is 5.20. The highest BCUT2D eigenvalue weighted by molar-refractivity contribution is 5.81. The highest BCUT2D eigenvalue weighted by Gasteiger charge is 2.41. The topological polar surface area (TPSA) is 47.4 Å². The van der Waals surface area contributed by atoms with E-state index in [1.54, 1.807) is 0 Å². The van der Waals surface area contributed by atoms with Gasteiger partial charge in [0.25, 0.3) is 0 Å². The zero-order chi connectivity index (χ0) is 21.5. The lowest BCUT2D eigenvalue weighted by atomic mass is 10.0. The van der Waals surface area contributed by atoms with Gasteiger partial charge in [0, 0.05) is 24.9 Å². The summed E-state index contributed by atoms with van der Waals surface area (Å²) in [6, 6.07) is 15.2. The van der Waals surface area contributed by atoms with E-state index in [1.807, 2.05) is 6.07 Å². The number of likely N-dealkylation sites (tertiary alicyclic amines) is 1. The fraction of sp³-hybridized carbons (Fsp3) is 0.462. The second-order valence-corrected chi connectivity index (χ2v) is 9.33. The fourth-order valence-corrected chi connectivity index (χ4v) is 4.77. The van der Waals surface area contributed by atoms with Crippen LogP contribution in [0.2, 0.25) is 0 Å². The number of amides is 1. The van der Waals surface area contributed by atoms with Crippen molar-refractivity contribution in [2.45, 2.75) is 64.5 Å². The van der Waals surface area contributed by atoms with Crippen LogP contribution in [0.5, 0.6) is 5.75 Å². The van der Waals surface area contributed by atoms with Crippen molar-refractivity contribution in [2.24, 2.45) is 0 Å². The molecule has 1 atom stereocenters. The summed E-state index contributed by atoms with van der Waals surface area (Å²) in [6.45, 7) is 8.58. The molecular weight excluding hydrogens is 386 g/mol. The van der Waals surface area contributed by atoms with Gasteiger partial charge in [-0.2, -0.15) is 0 Å². The number of aryl methyl sites for hydroxylation is 1. The minimum atomic E-state index is 0.158. The van der Waals surface area contributed by atoms with Gasteiger partial charge in [0.15, 0.2) is 0 Å². The Hall–Kier alpha value is -2.82. The van der Waals surface area contributed by atoms with Crippen LogP contribution in [0.25, 0.3) is 11.0 Å². The van der Waals surface area contributed by atoms with Gasteiger partial charge in [-0.15, -0.1) is 0 Å². The van der Waals surface area contributed by atoms with Crippen molar-refractivity contribution in [3.05, 3.63) is 59.4 Å². The van der Waals surface area contributed by atoms with E-state index in [0.717, 1.165) is 48.5 Å². The Balaban J connectivity index is 1.39. The van der Waals surface area contributed by atoms with Crippen LogP contribution >= 0.6 is 0 Å². The predicted octanol–water partition coefficient (Wildman–Crippen LogP) is 5.03. The summed E-state index contributed by atoms with van der Waals surface area (Å²) in [7, 11) is 0. The van der Waals surface area contributed by atoms with Crippen LogP contribution in [0, 0.1) is 6.92 Å². The van der Waals surface area contributed by atoms with Crippen LogP contribution in [0.15, 0.2) is 42.5 Å². The molecular formula is C26H31N3O2. The summed E-state index contributed by atoms with van der Waals surface area (Å²) in [5.41, 5.74) is 4.56. The molecule has 1 saturated carbocycles. The molecule has 0 bridgehead atoms. The van der Waals surface area contributed by atoms with Gasteiger partial charge in [-0.3, -0.25) is 4.79 Å². The number of hydrogen-bond acceptors (Lipinski definition) is 3. The first kappa shape index (κ1) is 20.1. The molecule has 1 amide bonds. The van der Waals surface area contributed by atoms with Crippen LogP contribution in [0.4, 0.5) is 0 Å². The third-order valence-corrected chi connectivity index (χ3v) is 6.56. The first-order valence-electron chi connectivity index (χ1n) is 11.5. The number of ether oxygens (including phenoxy) is 1. The molecule has 31 heavy (non-hydrogen) atoms. The van der Waals surface area contributed by atoms with Crippen molar-refractivity contribution >= 4 is 16.9 Å². The number of rotatable bonds is 7. The normalized spacial score (nSPS) is 19.0. The molecule has 5 nitrogen and oxygen atoms in total. The smallest absolute Gasteiger partial charge is 0.223 e. The first-order chi connectivity index (χ1) is 15.0. The molecule has 1 unspecified atom stereocenters. The lowest BCUT2D eigenvalue weighted by molar-refractivity contribution is -0.128. The minimum Gasteiger partial charge on any atom is -0.491 e. The Bertz CT molecular complexity index is 1110. The molecule has 2 heterocycles. The lowest BCUT2D eigenvalue weighted by Crippen LogP contribution is -2.27. The number of benzene rings is 2. The monoisotopic (exact) mass is 417 g/mol. The van der Waals surface area contributed by atoms with Gasteiger partial charge < -0.3 is 14.2 Å². The summed E-state index contributed by atoms with van der Waals surface area (Å²) < 4.78 is 8.56. The average molecular weight is 418 g/mol. The van der Waals surface area contributed by atoms with Gasteiger partial charge in [0.2, 0.25) is 5.91 Å². The molecule has 5 heteroatoms. The summed E-state index contributed by atoms with van der Waals surface area (Å²) >= 11 is 0. The van der Waals surface area contributed by atoms with E-state index in [1.165, 1.54) is 11.1 Å². The third-order valence-electron chi connectivity index (χ3n) is 6.56. The second kappa shape index (κ2) is 8.03. The van der Waals surface area contributed by atoms with E-state index in [9.17, 15) is 4.79 Å². The largest absolute Gasteiger partial charge is 0.491 e. The standard InChI is InChI=1S/C26H31N3O2/c1-17(2)21-11-8-18(3)14-24(21)31-13-12-28-23-7-5-4-6-22(23)27-26(28)19-15-25(30)29(16-19)20-9-10-20/h4-8,11,14,17,19-20H,9-10,12-13,15-16H2,1-3H3. The average Bonchev–Trinajstić information content (AvgIpc) is 3.42. The molecule has 2 aliphatic rings. The SMILES string of the molecule is Cc1ccc(C(C)C)c(OCCn2c(C3CC(=O)N(C4CC4)C3)nc3ccccc32)c1. The van der Waals surface area contributed by atoms with Crippen molar-refractivity contribution in [1.82, 2.24) is 14.5 Å². The van der Waals surface area contributed by atoms with Crippen LogP contribution in [0.1, 0.15) is 61.9 Å². The molecule has 0 N–H and O–H groups in total. The fourth-order valence-electron chi connectivity index (χ4n) is 4.77. The molecule has 0 spiro atoms. The second-order valence-electron chi connectivity index (χ2n) is 9.33. The number of carbonyl (C=O) groups excluding carboxylic acids is 1. The van der Waals surface area contributed by atoms with Gasteiger partial charge in [0.05, 0.1) is 17.6 Å². The highest BCUT2D eigenvalue weighted by atomic mass is 16.5. The molecule has 0 radical (unpaired) electrons. The number of para-hydroxylation sites is 2. The van der Waals surface area contributed by atoms with E-state index < -0.39 is 0 Å². The first-order valence-corrected chi connectivity index (χ1v) is 11.5. The quantitative estimate of drug-likeness (QED) is 0.542. The molecule has 5 rings (SSSR count). The van der Waals surface area contributed by atoms with Crippen LogP contribution < -0.4 is 4.74 Å².